The van der Waals surface area contributed by atoms with E-state index in [4.69, 9.17) is 9.15 Å². The highest BCUT2D eigenvalue weighted by atomic mass is 16.5. The van der Waals surface area contributed by atoms with Crippen LogP contribution in [0.2, 0.25) is 0 Å². The Morgan fingerprint density at radius 1 is 1.37 bits per heavy atom. The molecule has 0 radical (unpaired) electrons. The Hall–Kier alpha value is -1.14. The van der Waals surface area contributed by atoms with E-state index in [2.05, 4.69) is 27.8 Å². The number of ether oxygens (including phenoxy) is 1. The summed E-state index contributed by atoms with van der Waals surface area (Å²) in [7, 11) is 1.68. The van der Waals surface area contributed by atoms with Crippen molar-refractivity contribution in [1.82, 2.24) is 15.5 Å². The topological polar surface area (TPSA) is 72.2 Å². The average molecular weight is 268 g/mol. The molecule has 1 atom stereocenters. The van der Waals surface area contributed by atoms with Crippen LogP contribution in [0.1, 0.15) is 38.5 Å². The largest absolute Gasteiger partial charge is 0.407 e. The second-order valence-corrected chi connectivity index (χ2v) is 5.15. The molecule has 0 aliphatic heterocycles. The zero-order valence-corrected chi connectivity index (χ0v) is 11.8. The molecule has 0 amide bonds. The van der Waals surface area contributed by atoms with Crippen LogP contribution >= 0.6 is 0 Å². The van der Waals surface area contributed by atoms with Crippen molar-refractivity contribution < 1.29 is 9.15 Å². The third kappa shape index (κ3) is 4.47. The third-order valence-electron chi connectivity index (χ3n) is 3.68. The number of aromatic nitrogens is 2. The second-order valence-electron chi connectivity index (χ2n) is 5.15. The number of anilines is 1. The predicted octanol–water partition coefficient (Wildman–Crippen LogP) is 1.80. The van der Waals surface area contributed by atoms with Crippen LogP contribution in [-0.4, -0.2) is 36.5 Å². The number of hydrogen-bond donors (Lipinski definition) is 2. The molecule has 2 N–H and O–H groups in total. The van der Waals surface area contributed by atoms with Gasteiger partial charge < -0.3 is 19.8 Å². The van der Waals surface area contributed by atoms with Gasteiger partial charge in [-0.15, -0.1) is 5.10 Å². The maximum Gasteiger partial charge on any atom is 0.315 e. The summed E-state index contributed by atoms with van der Waals surface area (Å²) in [5.74, 6) is 1.34. The van der Waals surface area contributed by atoms with Gasteiger partial charge in [-0.2, -0.15) is 0 Å². The van der Waals surface area contributed by atoms with Crippen LogP contribution in [0.25, 0.3) is 0 Å². The summed E-state index contributed by atoms with van der Waals surface area (Å²) in [5, 5.41) is 14.5. The van der Waals surface area contributed by atoms with Crippen molar-refractivity contribution >= 4 is 6.01 Å². The Morgan fingerprint density at radius 2 is 2.16 bits per heavy atom. The molecule has 108 valence electrons. The SMILES string of the molecule is COCCNCc1nnc(NC(C)C2CCCC2)o1. The van der Waals surface area contributed by atoms with Gasteiger partial charge in [0, 0.05) is 19.7 Å². The zero-order valence-electron chi connectivity index (χ0n) is 11.8. The van der Waals surface area contributed by atoms with Gasteiger partial charge in [-0.05, 0) is 25.7 Å². The van der Waals surface area contributed by atoms with E-state index in [0.717, 1.165) is 12.5 Å². The van der Waals surface area contributed by atoms with Crippen molar-refractivity contribution in [2.24, 2.45) is 5.92 Å². The standard InChI is InChI=1S/C13H24N4O2/c1-10(11-5-3-4-6-11)15-13-17-16-12(19-13)9-14-7-8-18-2/h10-11,14H,3-9H2,1-2H3,(H,15,17). The van der Waals surface area contributed by atoms with E-state index in [1.807, 2.05) is 0 Å². The summed E-state index contributed by atoms with van der Waals surface area (Å²) in [6, 6.07) is 0.931. The van der Waals surface area contributed by atoms with Crippen LogP contribution < -0.4 is 10.6 Å². The summed E-state index contributed by atoms with van der Waals surface area (Å²) in [4.78, 5) is 0. The van der Waals surface area contributed by atoms with Gasteiger partial charge in [-0.1, -0.05) is 17.9 Å². The summed E-state index contributed by atoms with van der Waals surface area (Å²) in [5.41, 5.74) is 0. The molecule has 0 bridgehead atoms. The molecule has 0 saturated heterocycles. The Kier molecular flexibility index (Phi) is 5.60. The molecular weight excluding hydrogens is 244 g/mol. The lowest BCUT2D eigenvalue weighted by Crippen LogP contribution is -2.23. The fourth-order valence-corrected chi connectivity index (χ4v) is 2.52. The Labute approximate surface area is 114 Å². The molecule has 1 heterocycles. The van der Waals surface area contributed by atoms with Crippen LogP contribution in [0.5, 0.6) is 0 Å². The summed E-state index contributed by atoms with van der Waals surface area (Å²) >= 11 is 0. The zero-order chi connectivity index (χ0) is 13.5. The van der Waals surface area contributed by atoms with Gasteiger partial charge in [-0.3, -0.25) is 0 Å². The number of methoxy groups -OCH3 is 1. The van der Waals surface area contributed by atoms with E-state index in [1.165, 1.54) is 25.7 Å². The van der Waals surface area contributed by atoms with Crippen molar-refractivity contribution in [2.45, 2.75) is 45.2 Å². The number of nitrogens with one attached hydrogen (secondary N) is 2. The first-order valence-electron chi connectivity index (χ1n) is 7.08. The van der Waals surface area contributed by atoms with Gasteiger partial charge in [-0.25, -0.2) is 0 Å². The molecule has 6 heteroatoms. The first-order chi connectivity index (χ1) is 9.29. The highest BCUT2D eigenvalue weighted by molar-refractivity contribution is 5.19. The second kappa shape index (κ2) is 7.45. The molecule has 1 saturated carbocycles. The quantitative estimate of drug-likeness (QED) is 0.700. The van der Waals surface area contributed by atoms with E-state index in [9.17, 15) is 0 Å². The molecular formula is C13H24N4O2. The fourth-order valence-electron chi connectivity index (χ4n) is 2.52. The number of hydrogen-bond acceptors (Lipinski definition) is 6. The van der Waals surface area contributed by atoms with Gasteiger partial charge in [0.05, 0.1) is 13.2 Å². The lowest BCUT2D eigenvalue weighted by atomic mass is 10.0. The minimum absolute atomic E-state index is 0.400. The molecule has 19 heavy (non-hydrogen) atoms. The average Bonchev–Trinajstić information content (AvgIpc) is 3.06. The predicted molar refractivity (Wildman–Crippen MR) is 72.9 cm³/mol. The van der Waals surface area contributed by atoms with E-state index in [0.29, 0.717) is 31.1 Å². The van der Waals surface area contributed by atoms with E-state index in [-0.39, 0.29) is 0 Å². The molecule has 0 spiro atoms. The van der Waals surface area contributed by atoms with Gasteiger partial charge in [0.25, 0.3) is 0 Å². The van der Waals surface area contributed by atoms with Crippen LogP contribution in [0.4, 0.5) is 6.01 Å². The minimum Gasteiger partial charge on any atom is -0.407 e. The number of rotatable bonds is 8. The summed E-state index contributed by atoms with van der Waals surface area (Å²) < 4.78 is 10.5. The van der Waals surface area contributed by atoms with Gasteiger partial charge in [0.15, 0.2) is 0 Å². The third-order valence-corrected chi connectivity index (χ3v) is 3.68. The first kappa shape index (κ1) is 14.3. The lowest BCUT2D eigenvalue weighted by Gasteiger charge is -2.18. The van der Waals surface area contributed by atoms with E-state index < -0.39 is 0 Å². The monoisotopic (exact) mass is 268 g/mol. The van der Waals surface area contributed by atoms with Crippen molar-refractivity contribution in [3.63, 3.8) is 0 Å². The fraction of sp³-hybridized carbons (Fsp3) is 0.846. The molecule has 2 rings (SSSR count). The van der Waals surface area contributed by atoms with Gasteiger partial charge in [0.1, 0.15) is 0 Å². The normalized spacial score (nSPS) is 17.8. The number of nitrogens with zero attached hydrogens (tertiary/aromatic N) is 2. The maximum absolute atomic E-state index is 5.56. The summed E-state index contributed by atoms with van der Waals surface area (Å²) in [6.07, 6.45) is 5.28. The van der Waals surface area contributed by atoms with Crippen LogP contribution in [0.3, 0.4) is 0 Å². The summed E-state index contributed by atoms with van der Waals surface area (Å²) in [6.45, 7) is 4.23. The maximum atomic E-state index is 5.56. The van der Waals surface area contributed by atoms with Crippen molar-refractivity contribution in [2.75, 3.05) is 25.6 Å². The Morgan fingerprint density at radius 3 is 2.89 bits per heavy atom. The molecule has 1 fully saturated rings. The van der Waals surface area contributed by atoms with Gasteiger partial charge >= 0.3 is 6.01 Å². The molecule has 1 aromatic heterocycles. The highest BCUT2D eigenvalue weighted by Gasteiger charge is 2.22. The van der Waals surface area contributed by atoms with Crippen molar-refractivity contribution in [3.8, 4) is 0 Å². The Balaban J connectivity index is 1.73. The molecule has 1 unspecified atom stereocenters. The van der Waals surface area contributed by atoms with Crippen LogP contribution in [0, 0.1) is 5.92 Å². The molecule has 1 aromatic rings. The highest BCUT2D eigenvalue weighted by Crippen LogP contribution is 2.28. The molecule has 0 aromatic carbocycles. The Bertz CT molecular complexity index is 363. The molecule has 6 nitrogen and oxygen atoms in total. The van der Waals surface area contributed by atoms with Crippen molar-refractivity contribution in [3.05, 3.63) is 5.89 Å². The smallest absolute Gasteiger partial charge is 0.315 e. The van der Waals surface area contributed by atoms with Crippen molar-refractivity contribution in [1.29, 1.82) is 0 Å². The minimum atomic E-state index is 0.400. The molecule has 1 aliphatic rings. The van der Waals surface area contributed by atoms with E-state index in [1.54, 1.807) is 7.11 Å². The van der Waals surface area contributed by atoms with Crippen LogP contribution in [0.15, 0.2) is 4.42 Å². The van der Waals surface area contributed by atoms with E-state index >= 15 is 0 Å². The van der Waals surface area contributed by atoms with Crippen LogP contribution in [-0.2, 0) is 11.3 Å². The molecule has 1 aliphatic carbocycles. The van der Waals surface area contributed by atoms with Gasteiger partial charge in [0.2, 0.25) is 5.89 Å². The lowest BCUT2D eigenvalue weighted by molar-refractivity contribution is 0.198. The first-order valence-corrected chi connectivity index (χ1v) is 7.08.